The Bertz CT molecular complexity index is 494. The standard InChI is InChI=1S/C13H15N2O3SSe/c1-9(16)15-11(12(17)18)8-19-13(20)14-7-10-5-3-2-4-6-10/h2-6,11H,7-8H2,1H3,(H,15,16)(H,17,18). The number of benzene rings is 1. The molecule has 0 aliphatic carbocycles. The number of carboxylic acids is 1. The second-order valence-corrected chi connectivity index (χ2v) is 6.37. The summed E-state index contributed by atoms with van der Waals surface area (Å²) in [4.78, 5) is 26.2. The van der Waals surface area contributed by atoms with Gasteiger partial charge in [0.05, 0.1) is 0 Å². The molecule has 1 atom stereocenters. The molecule has 0 spiro atoms. The van der Waals surface area contributed by atoms with Gasteiger partial charge in [-0.2, -0.15) is 0 Å². The van der Waals surface area contributed by atoms with Crippen LogP contribution in [0, 0.1) is 0 Å². The summed E-state index contributed by atoms with van der Waals surface area (Å²) in [5.41, 5.74) is 1.08. The Morgan fingerprint density at radius 1 is 1.40 bits per heavy atom. The quantitative estimate of drug-likeness (QED) is 0.452. The third kappa shape index (κ3) is 6.75. The van der Waals surface area contributed by atoms with Gasteiger partial charge in [-0.3, -0.25) is 0 Å². The second kappa shape index (κ2) is 8.79. The zero-order valence-electron chi connectivity index (χ0n) is 10.9. The summed E-state index contributed by atoms with van der Waals surface area (Å²) in [6.45, 7) is 1.83. The van der Waals surface area contributed by atoms with Gasteiger partial charge in [0.15, 0.2) is 0 Å². The Labute approximate surface area is 130 Å². The minimum atomic E-state index is -1.05. The van der Waals surface area contributed by atoms with E-state index in [0.29, 0.717) is 10.5 Å². The van der Waals surface area contributed by atoms with Crippen LogP contribution in [0.3, 0.4) is 0 Å². The summed E-state index contributed by atoms with van der Waals surface area (Å²) in [6.07, 6.45) is 0. The van der Waals surface area contributed by atoms with Gasteiger partial charge in [-0.25, -0.2) is 0 Å². The first-order valence-electron chi connectivity index (χ1n) is 5.87. The summed E-state index contributed by atoms with van der Waals surface area (Å²) in [5, 5.41) is 11.3. The maximum atomic E-state index is 10.9. The summed E-state index contributed by atoms with van der Waals surface area (Å²) in [5.74, 6) is -1.18. The number of carboxylic acid groups (broad SMARTS) is 1. The van der Waals surface area contributed by atoms with Crippen LogP contribution in [0.15, 0.2) is 35.3 Å². The molecule has 0 heterocycles. The Balaban J connectivity index is 2.46. The molecular weight excluding hydrogens is 343 g/mol. The van der Waals surface area contributed by atoms with Crippen LogP contribution >= 0.6 is 11.8 Å². The van der Waals surface area contributed by atoms with Gasteiger partial charge in [0.1, 0.15) is 0 Å². The molecule has 0 saturated heterocycles. The van der Waals surface area contributed by atoms with Crippen molar-refractivity contribution in [3.05, 3.63) is 35.9 Å². The number of hydrogen-bond acceptors (Lipinski definition) is 4. The number of carbonyl (C=O) groups excluding carboxylic acids is 1. The van der Waals surface area contributed by atoms with E-state index in [-0.39, 0.29) is 11.7 Å². The fraction of sp³-hybridized carbons (Fsp3) is 0.308. The summed E-state index contributed by atoms with van der Waals surface area (Å²) in [7, 11) is 0. The van der Waals surface area contributed by atoms with E-state index in [1.54, 1.807) is 0 Å². The monoisotopic (exact) mass is 359 g/mol. The van der Waals surface area contributed by atoms with Crippen LogP contribution in [-0.2, 0) is 16.1 Å². The fourth-order valence-corrected chi connectivity index (χ4v) is 2.61. The molecule has 1 unspecified atom stereocenters. The van der Waals surface area contributed by atoms with E-state index in [0.717, 1.165) is 5.56 Å². The number of aliphatic carboxylic acids is 1. The fourth-order valence-electron chi connectivity index (χ4n) is 1.36. The van der Waals surface area contributed by atoms with Crippen LogP contribution in [0.4, 0.5) is 0 Å². The first kappa shape index (κ1) is 16.8. The molecule has 5 nitrogen and oxygen atoms in total. The van der Waals surface area contributed by atoms with Crippen molar-refractivity contribution >= 4 is 43.6 Å². The van der Waals surface area contributed by atoms with Crippen molar-refractivity contribution < 1.29 is 14.7 Å². The molecule has 1 aromatic rings. The molecule has 0 saturated carbocycles. The van der Waals surface area contributed by atoms with Crippen molar-refractivity contribution in [1.82, 2.24) is 5.32 Å². The zero-order chi connectivity index (χ0) is 15.0. The van der Waals surface area contributed by atoms with Gasteiger partial charge in [0.2, 0.25) is 0 Å². The Hall–Kier alpha value is -1.30. The van der Waals surface area contributed by atoms with E-state index in [1.807, 2.05) is 30.3 Å². The predicted molar refractivity (Wildman–Crippen MR) is 81.0 cm³/mol. The number of amides is 1. The van der Waals surface area contributed by atoms with Gasteiger partial charge in [0.25, 0.3) is 0 Å². The van der Waals surface area contributed by atoms with Crippen LogP contribution in [0.25, 0.3) is 0 Å². The number of rotatable bonds is 6. The normalized spacial score (nSPS) is 12.8. The molecule has 0 aromatic heterocycles. The van der Waals surface area contributed by atoms with Crippen molar-refractivity contribution in [2.45, 2.75) is 19.5 Å². The molecule has 1 radical (unpaired) electrons. The molecule has 1 aromatic carbocycles. The molecule has 1 rings (SSSR count). The van der Waals surface area contributed by atoms with Gasteiger partial charge < -0.3 is 0 Å². The summed E-state index contributed by atoms with van der Waals surface area (Å²) >= 11 is 4.08. The first-order chi connectivity index (χ1) is 9.49. The molecule has 2 N–H and O–H groups in total. The van der Waals surface area contributed by atoms with Crippen LogP contribution < -0.4 is 5.32 Å². The van der Waals surface area contributed by atoms with E-state index >= 15 is 0 Å². The number of nitrogens with one attached hydrogen (secondary N) is 1. The molecule has 7 heteroatoms. The van der Waals surface area contributed by atoms with Gasteiger partial charge in [-0.1, -0.05) is 0 Å². The Kier molecular flexibility index (Phi) is 7.36. The van der Waals surface area contributed by atoms with E-state index in [2.05, 4.69) is 26.3 Å². The topological polar surface area (TPSA) is 78.8 Å². The predicted octanol–water partition coefficient (Wildman–Crippen LogP) is 1.03. The molecule has 0 bridgehead atoms. The summed E-state index contributed by atoms with van der Waals surface area (Å²) in [6, 6.07) is 8.85. The molecule has 0 aliphatic rings. The van der Waals surface area contributed by atoms with Crippen LogP contribution in [-0.4, -0.2) is 48.7 Å². The van der Waals surface area contributed by atoms with Crippen LogP contribution in [0.5, 0.6) is 0 Å². The second-order valence-electron chi connectivity index (χ2n) is 3.97. The third-order valence-electron chi connectivity index (χ3n) is 2.28. The number of hydrogen-bond donors (Lipinski definition) is 2. The molecule has 1 amide bonds. The van der Waals surface area contributed by atoms with Crippen molar-refractivity contribution in [1.29, 1.82) is 0 Å². The first-order valence-corrected chi connectivity index (χ1v) is 7.71. The number of carbonyl (C=O) groups is 2. The van der Waals surface area contributed by atoms with Crippen molar-refractivity contribution in [2.24, 2.45) is 4.99 Å². The van der Waals surface area contributed by atoms with Crippen molar-refractivity contribution in [3.63, 3.8) is 0 Å². The molecule has 20 heavy (non-hydrogen) atoms. The number of aliphatic imine (C=N–C) groups is 1. The van der Waals surface area contributed by atoms with E-state index in [9.17, 15) is 9.59 Å². The van der Waals surface area contributed by atoms with E-state index in [4.69, 9.17) is 5.11 Å². The molecule has 0 aliphatic heterocycles. The Morgan fingerprint density at radius 3 is 2.60 bits per heavy atom. The van der Waals surface area contributed by atoms with E-state index in [1.165, 1.54) is 18.7 Å². The Morgan fingerprint density at radius 2 is 2.05 bits per heavy atom. The molecular formula is C13H15N2O3SSe. The summed E-state index contributed by atoms with van der Waals surface area (Å²) < 4.78 is 0.672. The number of nitrogens with zero attached hydrogens (tertiary/aromatic N) is 1. The maximum absolute atomic E-state index is 10.9. The molecule has 107 valence electrons. The number of thioether (sulfide) groups is 1. The average Bonchev–Trinajstić information content (AvgIpc) is 2.41. The zero-order valence-corrected chi connectivity index (χ0v) is 13.4. The average molecular weight is 358 g/mol. The van der Waals surface area contributed by atoms with Crippen molar-refractivity contribution in [3.8, 4) is 0 Å². The van der Waals surface area contributed by atoms with Gasteiger partial charge in [0, 0.05) is 0 Å². The van der Waals surface area contributed by atoms with Crippen LogP contribution in [0.2, 0.25) is 0 Å². The third-order valence-corrected chi connectivity index (χ3v) is 4.17. The van der Waals surface area contributed by atoms with Gasteiger partial charge in [-0.15, -0.1) is 0 Å². The molecule has 0 fully saturated rings. The van der Waals surface area contributed by atoms with E-state index < -0.39 is 12.0 Å². The van der Waals surface area contributed by atoms with Crippen LogP contribution in [0.1, 0.15) is 12.5 Å². The minimum absolute atomic E-state index is 0.232. The SMILES string of the molecule is CC(=O)NC(CSC([Se])=NCc1ccccc1)C(=O)O. The van der Waals surface area contributed by atoms with Gasteiger partial charge in [-0.05, 0) is 0 Å². The van der Waals surface area contributed by atoms with Crippen molar-refractivity contribution in [2.75, 3.05) is 5.75 Å². The van der Waals surface area contributed by atoms with Gasteiger partial charge >= 0.3 is 130 Å².